The number of benzene rings is 1. The van der Waals surface area contributed by atoms with Gasteiger partial charge >= 0.3 is 0 Å². The summed E-state index contributed by atoms with van der Waals surface area (Å²) in [6.45, 7) is 1.56. The van der Waals surface area contributed by atoms with E-state index in [9.17, 15) is 10.1 Å². The number of thioether (sulfide) groups is 1. The largest absolute Gasteiger partial charge is 0.496 e. The number of nitro benzene ring substituents is 1. The van der Waals surface area contributed by atoms with Crippen LogP contribution in [-0.2, 0) is 6.54 Å². The Morgan fingerprint density at radius 2 is 2.42 bits per heavy atom. The van der Waals surface area contributed by atoms with Crippen LogP contribution in [0.5, 0.6) is 5.75 Å². The lowest BCUT2D eigenvalue weighted by Crippen LogP contribution is -2.22. The van der Waals surface area contributed by atoms with E-state index in [2.05, 4.69) is 5.32 Å². The van der Waals surface area contributed by atoms with Crippen molar-refractivity contribution in [3.8, 4) is 5.75 Å². The summed E-state index contributed by atoms with van der Waals surface area (Å²) in [7, 11) is 1.58. The topological polar surface area (TPSA) is 64.4 Å². The number of hydrogen-bond acceptors (Lipinski definition) is 5. The van der Waals surface area contributed by atoms with Crippen molar-refractivity contribution in [3.05, 3.63) is 33.9 Å². The Kier molecular flexibility index (Phi) is 5.04. The quantitative estimate of drug-likeness (QED) is 0.641. The highest BCUT2D eigenvalue weighted by molar-refractivity contribution is 7.99. The van der Waals surface area contributed by atoms with Crippen LogP contribution >= 0.6 is 11.8 Å². The highest BCUT2D eigenvalue weighted by atomic mass is 32.2. The number of ether oxygens (including phenoxy) is 1. The minimum Gasteiger partial charge on any atom is -0.496 e. The number of nitro groups is 1. The van der Waals surface area contributed by atoms with E-state index in [1.54, 1.807) is 19.2 Å². The lowest BCUT2D eigenvalue weighted by atomic mass is 10.1. The molecule has 1 atom stereocenters. The number of hydrogen-bond donors (Lipinski definition) is 1. The van der Waals surface area contributed by atoms with Crippen molar-refractivity contribution in [1.29, 1.82) is 0 Å². The number of methoxy groups -OCH3 is 1. The average Bonchev–Trinajstić information content (AvgIpc) is 2.91. The second-order valence-corrected chi connectivity index (χ2v) is 5.76. The molecule has 1 aromatic rings. The third-order valence-electron chi connectivity index (χ3n) is 3.25. The van der Waals surface area contributed by atoms with Gasteiger partial charge < -0.3 is 10.1 Å². The molecular formula is C13H18N2O3S. The first-order valence-electron chi connectivity index (χ1n) is 6.30. The minimum absolute atomic E-state index is 0.106. The molecule has 1 unspecified atom stereocenters. The third-order valence-corrected chi connectivity index (χ3v) is 4.48. The van der Waals surface area contributed by atoms with Gasteiger partial charge in [0, 0.05) is 24.2 Å². The van der Waals surface area contributed by atoms with E-state index in [0.29, 0.717) is 12.3 Å². The van der Waals surface area contributed by atoms with Gasteiger partial charge in [-0.3, -0.25) is 10.1 Å². The summed E-state index contributed by atoms with van der Waals surface area (Å²) in [5, 5.41) is 14.1. The monoisotopic (exact) mass is 282 g/mol. The van der Waals surface area contributed by atoms with Crippen LogP contribution in [0.25, 0.3) is 0 Å². The molecule has 19 heavy (non-hydrogen) atoms. The van der Waals surface area contributed by atoms with Gasteiger partial charge in [0.2, 0.25) is 0 Å². The first-order valence-corrected chi connectivity index (χ1v) is 7.46. The molecular weight excluding hydrogens is 264 g/mol. The maximum atomic E-state index is 10.8. The zero-order valence-electron chi connectivity index (χ0n) is 10.9. The summed E-state index contributed by atoms with van der Waals surface area (Å²) in [5.74, 6) is 3.86. The molecule has 0 aromatic heterocycles. The van der Waals surface area contributed by atoms with Crippen LogP contribution in [-0.4, -0.2) is 30.1 Å². The zero-order valence-corrected chi connectivity index (χ0v) is 11.7. The van der Waals surface area contributed by atoms with Gasteiger partial charge in [0.1, 0.15) is 5.75 Å². The molecule has 1 aromatic carbocycles. The van der Waals surface area contributed by atoms with Gasteiger partial charge in [-0.15, -0.1) is 0 Å². The highest BCUT2D eigenvalue weighted by Crippen LogP contribution is 2.25. The van der Waals surface area contributed by atoms with E-state index >= 15 is 0 Å². The summed E-state index contributed by atoms with van der Waals surface area (Å²) in [6.07, 6.45) is 1.25. The van der Waals surface area contributed by atoms with Crippen molar-refractivity contribution in [2.24, 2.45) is 5.92 Å². The van der Waals surface area contributed by atoms with E-state index in [0.717, 1.165) is 18.0 Å². The molecule has 104 valence electrons. The normalized spacial score (nSPS) is 18.5. The molecule has 1 saturated heterocycles. The average molecular weight is 282 g/mol. The molecule has 0 radical (unpaired) electrons. The molecule has 1 fully saturated rings. The summed E-state index contributed by atoms with van der Waals surface area (Å²) >= 11 is 1.99. The van der Waals surface area contributed by atoms with E-state index in [1.165, 1.54) is 24.0 Å². The van der Waals surface area contributed by atoms with Gasteiger partial charge in [0.15, 0.2) is 0 Å². The van der Waals surface area contributed by atoms with Crippen LogP contribution in [0.4, 0.5) is 5.69 Å². The molecule has 6 heteroatoms. The predicted molar refractivity (Wildman–Crippen MR) is 76.8 cm³/mol. The highest BCUT2D eigenvalue weighted by Gasteiger charge is 2.16. The molecule has 0 amide bonds. The SMILES string of the molecule is COc1ccc([N+](=O)[O-])cc1CNCC1CCSC1. The first kappa shape index (κ1) is 14.1. The Balaban J connectivity index is 1.96. The summed E-state index contributed by atoms with van der Waals surface area (Å²) < 4.78 is 5.24. The van der Waals surface area contributed by atoms with Crippen molar-refractivity contribution < 1.29 is 9.66 Å². The number of rotatable bonds is 6. The lowest BCUT2D eigenvalue weighted by Gasteiger charge is -2.12. The number of nitrogens with one attached hydrogen (secondary N) is 1. The fourth-order valence-electron chi connectivity index (χ4n) is 2.17. The van der Waals surface area contributed by atoms with Gasteiger partial charge in [0.25, 0.3) is 5.69 Å². The number of nitrogens with zero attached hydrogens (tertiary/aromatic N) is 1. The molecule has 0 saturated carbocycles. The van der Waals surface area contributed by atoms with E-state index < -0.39 is 0 Å². The van der Waals surface area contributed by atoms with Crippen LogP contribution in [0.1, 0.15) is 12.0 Å². The molecule has 2 rings (SSSR count). The van der Waals surface area contributed by atoms with Crippen molar-refractivity contribution in [3.63, 3.8) is 0 Å². The van der Waals surface area contributed by atoms with Gasteiger partial charge in [-0.05, 0) is 36.5 Å². The standard InChI is InChI=1S/C13H18N2O3S/c1-18-13-3-2-12(15(16)17)6-11(13)8-14-7-10-4-5-19-9-10/h2-3,6,10,14H,4-5,7-9H2,1H3. The van der Waals surface area contributed by atoms with Crippen molar-refractivity contribution in [2.45, 2.75) is 13.0 Å². The molecule has 0 bridgehead atoms. The van der Waals surface area contributed by atoms with Gasteiger partial charge in [-0.1, -0.05) is 0 Å². The zero-order chi connectivity index (χ0) is 13.7. The molecule has 1 N–H and O–H groups in total. The first-order chi connectivity index (χ1) is 9.20. The van der Waals surface area contributed by atoms with Crippen LogP contribution in [0.3, 0.4) is 0 Å². The summed E-state index contributed by atoms with van der Waals surface area (Å²) in [4.78, 5) is 10.4. The van der Waals surface area contributed by atoms with E-state index in [4.69, 9.17) is 4.74 Å². The maximum absolute atomic E-state index is 10.8. The van der Waals surface area contributed by atoms with Crippen molar-refractivity contribution in [1.82, 2.24) is 5.32 Å². The fraction of sp³-hybridized carbons (Fsp3) is 0.538. The Labute approximate surface area is 116 Å². The smallest absolute Gasteiger partial charge is 0.270 e. The second-order valence-electron chi connectivity index (χ2n) is 4.61. The Hall–Kier alpha value is -1.27. The fourth-order valence-corrected chi connectivity index (χ4v) is 3.46. The number of non-ortho nitro benzene ring substituents is 1. The molecule has 1 heterocycles. The van der Waals surface area contributed by atoms with Crippen LogP contribution in [0.2, 0.25) is 0 Å². The summed E-state index contributed by atoms with van der Waals surface area (Å²) in [6, 6.07) is 4.70. The van der Waals surface area contributed by atoms with Crippen LogP contribution < -0.4 is 10.1 Å². The van der Waals surface area contributed by atoms with Gasteiger partial charge in [0.05, 0.1) is 12.0 Å². The Morgan fingerprint density at radius 3 is 3.05 bits per heavy atom. The molecule has 1 aliphatic rings. The maximum Gasteiger partial charge on any atom is 0.270 e. The molecule has 0 spiro atoms. The Morgan fingerprint density at radius 1 is 1.58 bits per heavy atom. The molecule has 0 aliphatic carbocycles. The van der Waals surface area contributed by atoms with Crippen LogP contribution in [0.15, 0.2) is 18.2 Å². The second kappa shape index (κ2) is 6.77. The minimum atomic E-state index is -0.378. The van der Waals surface area contributed by atoms with E-state index in [1.807, 2.05) is 11.8 Å². The van der Waals surface area contributed by atoms with Crippen molar-refractivity contribution in [2.75, 3.05) is 25.2 Å². The Bertz CT molecular complexity index is 448. The molecule has 1 aliphatic heterocycles. The van der Waals surface area contributed by atoms with Gasteiger partial charge in [-0.25, -0.2) is 0 Å². The van der Waals surface area contributed by atoms with Crippen molar-refractivity contribution >= 4 is 17.4 Å². The van der Waals surface area contributed by atoms with E-state index in [-0.39, 0.29) is 10.6 Å². The third kappa shape index (κ3) is 3.84. The van der Waals surface area contributed by atoms with Crippen LogP contribution in [0, 0.1) is 16.0 Å². The van der Waals surface area contributed by atoms with Gasteiger partial charge in [-0.2, -0.15) is 11.8 Å². The predicted octanol–water partition coefficient (Wildman–Crippen LogP) is 2.45. The lowest BCUT2D eigenvalue weighted by molar-refractivity contribution is -0.384. The molecule has 5 nitrogen and oxygen atoms in total. The summed E-state index contributed by atoms with van der Waals surface area (Å²) in [5.41, 5.74) is 0.941.